The Kier molecular flexibility index (Phi) is 2.08. The van der Waals surface area contributed by atoms with Crippen LogP contribution in [0.3, 0.4) is 0 Å². The van der Waals surface area contributed by atoms with Gasteiger partial charge in [0.15, 0.2) is 0 Å². The first kappa shape index (κ1) is 10.7. The number of aromatic nitrogens is 2. The van der Waals surface area contributed by atoms with Crippen LogP contribution in [-0.4, -0.2) is 14.9 Å². The topological polar surface area (TPSA) is 115 Å². The van der Waals surface area contributed by atoms with E-state index in [9.17, 15) is 14.9 Å². The van der Waals surface area contributed by atoms with E-state index in [4.69, 9.17) is 5.73 Å². The van der Waals surface area contributed by atoms with Crippen LogP contribution >= 0.6 is 11.3 Å². The number of benzene rings is 1. The van der Waals surface area contributed by atoms with Crippen molar-refractivity contribution in [3.05, 3.63) is 38.7 Å². The predicted octanol–water partition coefficient (Wildman–Crippen LogP) is 1.63. The largest absolute Gasteiger partial charge is 0.369 e. The number of nitrogen functional groups attached to an aromatic ring is 1. The Morgan fingerprint density at radius 1 is 1.44 bits per heavy atom. The second kappa shape index (κ2) is 3.50. The molecule has 0 aliphatic carbocycles. The molecular weight excluding hydrogens is 256 g/mol. The van der Waals surface area contributed by atoms with Crippen molar-refractivity contribution in [2.24, 2.45) is 0 Å². The molecule has 0 aliphatic rings. The Labute approximate surface area is 103 Å². The number of anilines is 1. The van der Waals surface area contributed by atoms with E-state index in [2.05, 4.69) is 9.97 Å². The van der Waals surface area contributed by atoms with Crippen molar-refractivity contribution >= 4 is 43.3 Å². The minimum Gasteiger partial charge on any atom is -0.369 e. The third-order valence-corrected chi connectivity index (χ3v) is 3.68. The van der Waals surface area contributed by atoms with Crippen LogP contribution in [0.1, 0.15) is 0 Å². The Bertz CT molecular complexity index is 851. The van der Waals surface area contributed by atoms with Gasteiger partial charge in [-0.2, -0.15) is 0 Å². The Morgan fingerprint density at radius 2 is 2.22 bits per heavy atom. The number of hydrogen-bond donors (Lipinski definition) is 2. The summed E-state index contributed by atoms with van der Waals surface area (Å²) in [5, 5.41) is 11.4. The van der Waals surface area contributed by atoms with Gasteiger partial charge in [0.25, 0.3) is 11.2 Å². The number of nitrogens with two attached hydrogens (primary N) is 1. The highest BCUT2D eigenvalue weighted by Crippen LogP contribution is 2.32. The molecule has 0 atom stereocenters. The van der Waals surface area contributed by atoms with Crippen LogP contribution < -0.4 is 11.3 Å². The van der Waals surface area contributed by atoms with E-state index in [-0.39, 0.29) is 17.2 Å². The molecule has 18 heavy (non-hydrogen) atoms. The summed E-state index contributed by atoms with van der Waals surface area (Å²) in [6.45, 7) is 0. The first-order valence-corrected chi connectivity index (χ1v) is 5.74. The van der Waals surface area contributed by atoms with Gasteiger partial charge >= 0.3 is 0 Å². The molecule has 0 amide bonds. The van der Waals surface area contributed by atoms with Gasteiger partial charge in [-0.15, -0.1) is 11.3 Å². The molecular formula is C10H6N4O3S. The molecule has 0 unspecified atom stereocenters. The van der Waals surface area contributed by atoms with E-state index in [0.29, 0.717) is 20.3 Å². The van der Waals surface area contributed by atoms with Crippen molar-refractivity contribution in [2.45, 2.75) is 0 Å². The van der Waals surface area contributed by atoms with Gasteiger partial charge in [-0.25, -0.2) is 4.98 Å². The summed E-state index contributed by atoms with van der Waals surface area (Å²) in [6.07, 6.45) is 0. The van der Waals surface area contributed by atoms with E-state index < -0.39 is 4.92 Å². The van der Waals surface area contributed by atoms with Crippen molar-refractivity contribution in [1.82, 2.24) is 9.97 Å². The maximum Gasteiger partial charge on any atom is 0.270 e. The monoisotopic (exact) mass is 262 g/mol. The van der Waals surface area contributed by atoms with Gasteiger partial charge in [0.2, 0.25) is 5.95 Å². The first-order valence-electron chi connectivity index (χ1n) is 4.93. The van der Waals surface area contributed by atoms with E-state index >= 15 is 0 Å². The number of aromatic amines is 1. The number of nitrogens with one attached hydrogen (secondary N) is 1. The smallest absolute Gasteiger partial charge is 0.270 e. The van der Waals surface area contributed by atoms with Gasteiger partial charge in [-0.3, -0.25) is 19.9 Å². The van der Waals surface area contributed by atoms with Crippen LogP contribution in [0.5, 0.6) is 0 Å². The third-order valence-electron chi connectivity index (χ3n) is 2.54. The molecule has 0 spiro atoms. The Morgan fingerprint density at radius 3 is 2.94 bits per heavy atom. The lowest BCUT2D eigenvalue weighted by Crippen LogP contribution is -2.09. The summed E-state index contributed by atoms with van der Waals surface area (Å²) in [5.41, 5.74) is 5.61. The summed E-state index contributed by atoms with van der Waals surface area (Å²) >= 11 is 1.16. The summed E-state index contributed by atoms with van der Waals surface area (Å²) < 4.78 is 1.06. The molecule has 3 rings (SSSR count). The standard InChI is InChI=1S/C10H6N4O3S/c11-10-12-7-5-2-1-4(14(16)17)3-6(5)18-8(7)9(15)13-10/h1-3H,(H3,11,12,13,15). The maximum absolute atomic E-state index is 11.7. The number of nitro groups is 1. The highest BCUT2D eigenvalue weighted by atomic mass is 32.1. The zero-order chi connectivity index (χ0) is 12.9. The van der Waals surface area contributed by atoms with Crippen molar-refractivity contribution < 1.29 is 4.92 Å². The van der Waals surface area contributed by atoms with Crippen LogP contribution in [0.15, 0.2) is 23.0 Å². The first-order chi connectivity index (χ1) is 8.56. The molecule has 0 fully saturated rings. The van der Waals surface area contributed by atoms with E-state index in [1.54, 1.807) is 6.07 Å². The number of hydrogen-bond acceptors (Lipinski definition) is 6. The summed E-state index contributed by atoms with van der Waals surface area (Å²) in [4.78, 5) is 28.4. The molecule has 7 nitrogen and oxygen atoms in total. The molecule has 0 aliphatic heterocycles. The SMILES string of the molecule is Nc1nc2c(sc3cc([N+](=O)[O-])ccc32)c(=O)[nH]1. The van der Waals surface area contributed by atoms with E-state index in [1.807, 2.05) is 0 Å². The highest BCUT2D eigenvalue weighted by molar-refractivity contribution is 7.25. The van der Waals surface area contributed by atoms with Gasteiger partial charge in [0, 0.05) is 22.2 Å². The van der Waals surface area contributed by atoms with Crippen molar-refractivity contribution in [3.8, 4) is 0 Å². The van der Waals surface area contributed by atoms with Crippen LogP contribution in [0.2, 0.25) is 0 Å². The molecule has 90 valence electrons. The third kappa shape index (κ3) is 1.43. The van der Waals surface area contributed by atoms with Crippen LogP contribution in [0, 0.1) is 10.1 Å². The molecule has 8 heteroatoms. The molecule has 3 aromatic rings. The number of fused-ring (bicyclic) bond motifs is 3. The van der Waals surface area contributed by atoms with Crippen molar-refractivity contribution in [3.63, 3.8) is 0 Å². The molecule has 0 saturated heterocycles. The lowest BCUT2D eigenvalue weighted by Gasteiger charge is -1.93. The molecule has 0 bridgehead atoms. The number of nitro benzene ring substituents is 1. The molecule has 0 radical (unpaired) electrons. The van der Waals surface area contributed by atoms with Crippen LogP contribution in [0.25, 0.3) is 20.3 Å². The van der Waals surface area contributed by atoms with Gasteiger partial charge in [-0.05, 0) is 6.07 Å². The predicted molar refractivity (Wildman–Crippen MR) is 68.8 cm³/mol. The lowest BCUT2D eigenvalue weighted by molar-refractivity contribution is -0.384. The summed E-state index contributed by atoms with van der Waals surface area (Å²) in [6, 6.07) is 4.39. The van der Waals surface area contributed by atoms with Gasteiger partial charge < -0.3 is 5.73 Å². The summed E-state index contributed by atoms with van der Waals surface area (Å²) in [5.74, 6) is 0.0329. The fraction of sp³-hybridized carbons (Fsp3) is 0. The molecule has 0 saturated carbocycles. The quantitative estimate of drug-likeness (QED) is 0.510. The molecule has 1 aromatic carbocycles. The van der Waals surface area contributed by atoms with Crippen LogP contribution in [-0.2, 0) is 0 Å². The van der Waals surface area contributed by atoms with Crippen molar-refractivity contribution in [2.75, 3.05) is 5.73 Å². The van der Waals surface area contributed by atoms with E-state index in [0.717, 1.165) is 11.3 Å². The Hall–Kier alpha value is -2.48. The number of non-ortho nitro benzene ring substituents is 1. The lowest BCUT2D eigenvalue weighted by atomic mass is 10.2. The zero-order valence-electron chi connectivity index (χ0n) is 8.84. The summed E-state index contributed by atoms with van der Waals surface area (Å²) in [7, 11) is 0. The molecule has 2 aromatic heterocycles. The fourth-order valence-electron chi connectivity index (χ4n) is 1.77. The van der Waals surface area contributed by atoms with Crippen LogP contribution in [0.4, 0.5) is 11.6 Å². The van der Waals surface area contributed by atoms with Gasteiger partial charge in [0.05, 0.1) is 10.4 Å². The minimum absolute atomic E-state index is 0.0153. The molecule has 3 N–H and O–H groups in total. The maximum atomic E-state index is 11.7. The van der Waals surface area contributed by atoms with E-state index in [1.165, 1.54) is 12.1 Å². The molecule has 2 heterocycles. The minimum atomic E-state index is -0.476. The highest BCUT2D eigenvalue weighted by Gasteiger charge is 2.14. The number of rotatable bonds is 1. The number of nitrogens with zero attached hydrogens (tertiary/aromatic N) is 2. The second-order valence-electron chi connectivity index (χ2n) is 3.67. The van der Waals surface area contributed by atoms with Gasteiger partial charge in [-0.1, -0.05) is 0 Å². The Balaban J connectivity index is 2.47. The zero-order valence-corrected chi connectivity index (χ0v) is 9.65. The fourth-order valence-corrected chi connectivity index (χ4v) is 2.84. The normalized spacial score (nSPS) is 11.1. The van der Waals surface area contributed by atoms with Gasteiger partial charge in [0.1, 0.15) is 4.70 Å². The number of thiophene rings is 1. The average Bonchev–Trinajstić information content (AvgIpc) is 2.67. The van der Waals surface area contributed by atoms with Crippen molar-refractivity contribution in [1.29, 1.82) is 0 Å². The average molecular weight is 262 g/mol. The second-order valence-corrected chi connectivity index (χ2v) is 4.72. The number of H-pyrrole nitrogens is 1.